The first kappa shape index (κ1) is 15.4. The molecule has 0 aliphatic rings. The van der Waals surface area contributed by atoms with Crippen molar-refractivity contribution in [1.82, 2.24) is 15.3 Å². The Bertz CT molecular complexity index is 565. The van der Waals surface area contributed by atoms with Crippen LogP contribution < -0.4 is 10.2 Å². The Morgan fingerprint density at radius 3 is 2.67 bits per heavy atom. The Balaban J connectivity index is 2.04. The van der Waals surface area contributed by atoms with E-state index in [0.29, 0.717) is 0 Å². The van der Waals surface area contributed by atoms with Gasteiger partial charge in [0.2, 0.25) is 0 Å². The zero-order valence-electron chi connectivity index (χ0n) is 13.3. The van der Waals surface area contributed by atoms with Crippen LogP contribution in [-0.4, -0.2) is 23.6 Å². The van der Waals surface area contributed by atoms with E-state index >= 15 is 0 Å². The predicted molar refractivity (Wildman–Crippen MR) is 87.4 cm³/mol. The molecule has 2 aromatic rings. The van der Waals surface area contributed by atoms with Crippen LogP contribution in [0.3, 0.4) is 0 Å². The molecule has 0 aromatic carbocycles. The summed E-state index contributed by atoms with van der Waals surface area (Å²) in [5.74, 6) is 0. The van der Waals surface area contributed by atoms with Crippen molar-refractivity contribution in [2.75, 3.05) is 18.5 Å². The van der Waals surface area contributed by atoms with Crippen LogP contribution in [0, 0.1) is 6.92 Å². The first-order valence-electron chi connectivity index (χ1n) is 7.43. The highest BCUT2D eigenvalue weighted by molar-refractivity contribution is 5.44. The molecule has 112 valence electrons. The summed E-state index contributed by atoms with van der Waals surface area (Å²) >= 11 is 0. The number of pyridine rings is 2. The van der Waals surface area contributed by atoms with Crippen LogP contribution >= 0.6 is 0 Å². The molecule has 0 radical (unpaired) electrons. The maximum Gasteiger partial charge on any atom is 0.0600 e. The monoisotopic (exact) mass is 284 g/mol. The van der Waals surface area contributed by atoms with Gasteiger partial charge in [-0.05, 0) is 44.7 Å². The van der Waals surface area contributed by atoms with Crippen LogP contribution in [0.5, 0.6) is 0 Å². The zero-order chi connectivity index (χ0) is 15.2. The summed E-state index contributed by atoms with van der Waals surface area (Å²) in [5.41, 5.74) is 4.30. The van der Waals surface area contributed by atoms with Crippen LogP contribution in [0.15, 0.2) is 36.5 Å². The lowest BCUT2D eigenvalue weighted by atomic mass is 10.2. The van der Waals surface area contributed by atoms with Gasteiger partial charge in [-0.1, -0.05) is 13.0 Å². The van der Waals surface area contributed by atoms with Gasteiger partial charge in [0.05, 0.1) is 29.8 Å². The van der Waals surface area contributed by atoms with Gasteiger partial charge in [0.25, 0.3) is 0 Å². The molecule has 0 saturated carbocycles. The van der Waals surface area contributed by atoms with Crippen molar-refractivity contribution < 1.29 is 0 Å². The molecule has 4 heteroatoms. The number of rotatable bonds is 6. The van der Waals surface area contributed by atoms with Gasteiger partial charge in [-0.25, -0.2) is 0 Å². The van der Waals surface area contributed by atoms with Gasteiger partial charge >= 0.3 is 0 Å². The third-order valence-corrected chi connectivity index (χ3v) is 3.51. The largest absolute Gasteiger partial charge is 0.367 e. The van der Waals surface area contributed by atoms with E-state index in [1.54, 1.807) is 0 Å². The van der Waals surface area contributed by atoms with Gasteiger partial charge in [-0.3, -0.25) is 9.97 Å². The Hall–Kier alpha value is -1.94. The van der Waals surface area contributed by atoms with Crippen molar-refractivity contribution in [2.24, 2.45) is 0 Å². The SMILES string of the molecule is CCNC(C)c1ccc(N(C)Cc2cccc(C)n2)cn1. The Morgan fingerprint density at radius 2 is 2.05 bits per heavy atom. The molecule has 0 amide bonds. The van der Waals surface area contributed by atoms with E-state index < -0.39 is 0 Å². The van der Waals surface area contributed by atoms with E-state index in [2.05, 4.69) is 59.3 Å². The quantitative estimate of drug-likeness (QED) is 0.885. The summed E-state index contributed by atoms with van der Waals surface area (Å²) in [6.07, 6.45) is 1.93. The van der Waals surface area contributed by atoms with Gasteiger partial charge in [0.1, 0.15) is 0 Å². The number of aromatic nitrogens is 2. The van der Waals surface area contributed by atoms with E-state index in [4.69, 9.17) is 0 Å². The van der Waals surface area contributed by atoms with Crippen LogP contribution in [0.2, 0.25) is 0 Å². The Labute approximate surface area is 127 Å². The summed E-state index contributed by atoms with van der Waals surface area (Å²) < 4.78 is 0. The first-order valence-corrected chi connectivity index (χ1v) is 7.43. The fraction of sp³-hybridized carbons (Fsp3) is 0.412. The fourth-order valence-electron chi connectivity index (χ4n) is 2.31. The van der Waals surface area contributed by atoms with Crippen molar-refractivity contribution in [1.29, 1.82) is 0 Å². The molecule has 4 nitrogen and oxygen atoms in total. The molecule has 21 heavy (non-hydrogen) atoms. The molecule has 1 atom stereocenters. The standard InChI is InChI=1S/C17H24N4/c1-5-18-14(3)17-10-9-16(11-19-17)21(4)12-15-8-6-7-13(2)20-15/h6-11,14,18H,5,12H2,1-4H3. The second kappa shape index (κ2) is 7.18. The summed E-state index contributed by atoms with van der Waals surface area (Å²) in [6, 6.07) is 10.6. The van der Waals surface area contributed by atoms with E-state index in [-0.39, 0.29) is 6.04 Å². The highest BCUT2D eigenvalue weighted by Crippen LogP contribution is 2.17. The molecule has 0 spiro atoms. The average Bonchev–Trinajstić information content (AvgIpc) is 2.47. The third-order valence-electron chi connectivity index (χ3n) is 3.51. The molecule has 2 rings (SSSR count). The number of hydrogen-bond donors (Lipinski definition) is 1. The molecular weight excluding hydrogens is 260 g/mol. The van der Waals surface area contributed by atoms with Gasteiger partial charge in [-0.15, -0.1) is 0 Å². The minimum Gasteiger partial charge on any atom is -0.367 e. The van der Waals surface area contributed by atoms with Crippen molar-refractivity contribution in [3.05, 3.63) is 53.6 Å². The number of nitrogens with one attached hydrogen (secondary N) is 1. The topological polar surface area (TPSA) is 41.0 Å². The van der Waals surface area contributed by atoms with Crippen LogP contribution in [0.25, 0.3) is 0 Å². The lowest BCUT2D eigenvalue weighted by Gasteiger charge is -2.20. The summed E-state index contributed by atoms with van der Waals surface area (Å²) in [6.45, 7) is 7.98. The fourth-order valence-corrected chi connectivity index (χ4v) is 2.31. The zero-order valence-corrected chi connectivity index (χ0v) is 13.3. The van der Waals surface area contributed by atoms with Crippen molar-refractivity contribution in [3.8, 4) is 0 Å². The average molecular weight is 284 g/mol. The minimum atomic E-state index is 0.285. The highest BCUT2D eigenvalue weighted by Gasteiger charge is 2.07. The van der Waals surface area contributed by atoms with Gasteiger partial charge in [0, 0.05) is 18.8 Å². The molecule has 2 aromatic heterocycles. The van der Waals surface area contributed by atoms with E-state index in [1.165, 1.54) is 0 Å². The van der Waals surface area contributed by atoms with Gasteiger partial charge < -0.3 is 10.2 Å². The second-order valence-electron chi connectivity index (χ2n) is 5.35. The van der Waals surface area contributed by atoms with Crippen LogP contribution in [-0.2, 0) is 6.54 Å². The number of anilines is 1. The summed E-state index contributed by atoms with van der Waals surface area (Å²) in [5, 5.41) is 3.37. The summed E-state index contributed by atoms with van der Waals surface area (Å²) in [7, 11) is 2.06. The molecule has 0 aliphatic carbocycles. The second-order valence-corrected chi connectivity index (χ2v) is 5.35. The van der Waals surface area contributed by atoms with Gasteiger partial charge in [0.15, 0.2) is 0 Å². The normalized spacial score (nSPS) is 12.2. The maximum absolute atomic E-state index is 4.55. The minimum absolute atomic E-state index is 0.285. The van der Waals surface area contributed by atoms with Crippen molar-refractivity contribution >= 4 is 5.69 Å². The van der Waals surface area contributed by atoms with Crippen LogP contribution in [0.4, 0.5) is 5.69 Å². The van der Waals surface area contributed by atoms with E-state index in [9.17, 15) is 0 Å². The Kier molecular flexibility index (Phi) is 5.28. The lowest BCUT2D eigenvalue weighted by Crippen LogP contribution is -2.20. The first-order chi connectivity index (χ1) is 10.1. The number of nitrogens with zero attached hydrogens (tertiary/aromatic N) is 3. The smallest absolute Gasteiger partial charge is 0.0600 e. The molecular formula is C17H24N4. The molecule has 0 aliphatic heterocycles. The van der Waals surface area contributed by atoms with E-state index in [0.717, 1.165) is 35.9 Å². The highest BCUT2D eigenvalue weighted by atomic mass is 15.1. The van der Waals surface area contributed by atoms with Crippen molar-refractivity contribution in [2.45, 2.75) is 33.4 Å². The molecule has 0 fully saturated rings. The molecule has 0 bridgehead atoms. The predicted octanol–water partition coefficient (Wildman–Crippen LogP) is 3.09. The number of hydrogen-bond acceptors (Lipinski definition) is 4. The molecule has 1 N–H and O–H groups in total. The molecule has 0 saturated heterocycles. The van der Waals surface area contributed by atoms with E-state index in [1.807, 2.05) is 25.3 Å². The van der Waals surface area contributed by atoms with Crippen LogP contribution in [0.1, 0.15) is 37.0 Å². The molecule has 2 heterocycles. The Morgan fingerprint density at radius 1 is 1.24 bits per heavy atom. The summed E-state index contributed by atoms with van der Waals surface area (Å²) in [4.78, 5) is 11.3. The maximum atomic E-state index is 4.55. The number of aryl methyl sites for hydroxylation is 1. The molecule has 1 unspecified atom stereocenters. The van der Waals surface area contributed by atoms with Gasteiger partial charge in [-0.2, -0.15) is 0 Å². The lowest BCUT2D eigenvalue weighted by molar-refractivity contribution is 0.583. The third kappa shape index (κ3) is 4.26. The van der Waals surface area contributed by atoms with Crippen molar-refractivity contribution in [3.63, 3.8) is 0 Å².